The van der Waals surface area contributed by atoms with Gasteiger partial charge in [-0.1, -0.05) is 20.3 Å². The van der Waals surface area contributed by atoms with Crippen molar-refractivity contribution >= 4 is 17.2 Å². The molecule has 0 aliphatic heterocycles. The lowest BCUT2D eigenvalue weighted by Gasteiger charge is -2.20. The van der Waals surface area contributed by atoms with E-state index in [1.165, 1.54) is 5.56 Å². The molecule has 0 aliphatic rings. The van der Waals surface area contributed by atoms with E-state index in [1.54, 1.807) is 11.3 Å². The van der Waals surface area contributed by atoms with Crippen LogP contribution in [0.2, 0.25) is 0 Å². The number of nitrogens with one attached hydrogen (secondary N) is 1. The van der Waals surface area contributed by atoms with Crippen molar-refractivity contribution in [2.45, 2.75) is 45.7 Å². The molecule has 4 heteroatoms. The SMILES string of the molecule is CC[C@H](C)[C@H](N)C(=O)NC(C)Cc1ccsc1. The van der Waals surface area contributed by atoms with Gasteiger partial charge in [0.15, 0.2) is 0 Å². The summed E-state index contributed by atoms with van der Waals surface area (Å²) in [5, 5.41) is 7.13. The second kappa shape index (κ2) is 6.77. The summed E-state index contributed by atoms with van der Waals surface area (Å²) in [5.41, 5.74) is 7.15. The number of thiophene rings is 1. The molecule has 0 saturated carbocycles. The third-order valence-electron chi connectivity index (χ3n) is 3.07. The summed E-state index contributed by atoms with van der Waals surface area (Å²) in [4.78, 5) is 11.8. The summed E-state index contributed by atoms with van der Waals surface area (Å²) in [6.45, 7) is 6.07. The van der Waals surface area contributed by atoms with Crippen LogP contribution in [0.1, 0.15) is 32.8 Å². The van der Waals surface area contributed by atoms with Gasteiger partial charge in [-0.3, -0.25) is 4.79 Å². The van der Waals surface area contributed by atoms with Crippen molar-refractivity contribution in [1.82, 2.24) is 5.32 Å². The average molecular weight is 254 g/mol. The molecule has 0 aliphatic carbocycles. The minimum Gasteiger partial charge on any atom is -0.352 e. The second-order valence-corrected chi connectivity index (χ2v) is 5.44. The zero-order chi connectivity index (χ0) is 12.8. The van der Waals surface area contributed by atoms with Crippen LogP contribution in [-0.2, 0) is 11.2 Å². The summed E-state index contributed by atoms with van der Waals surface area (Å²) >= 11 is 1.68. The molecule has 3 atom stereocenters. The first-order valence-corrected chi connectivity index (χ1v) is 7.05. The van der Waals surface area contributed by atoms with Crippen LogP contribution in [0.25, 0.3) is 0 Å². The summed E-state index contributed by atoms with van der Waals surface area (Å²) in [6.07, 6.45) is 1.79. The van der Waals surface area contributed by atoms with E-state index in [2.05, 4.69) is 22.1 Å². The zero-order valence-corrected chi connectivity index (χ0v) is 11.6. The first-order valence-electron chi connectivity index (χ1n) is 6.11. The molecule has 1 rings (SSSR count). The Morgan fingerprint density at radius 3 is 2.76 bits per heavy atom. The molecule has 17 heavy (non-hydrogen) atoms. The van der Waals surface area contributed by atoms with E-state index in [0.717, 1.165) is 12.8 Å². The molecule has 1 aromatic rings. The predicted molar refractivity (Wildman–Crippen MR) is 73.1 cm³/mol. The standard InChI is InChI=1S/C13H22N2OS/c1-4-9(2)12(14)13(16)15-10(3)7-11-5-6-17-8-11/h5-6,8-10,12H,4,7,14H2,1-3H3,(H,15,16)/t9-,10?,12-/m0/s1. The zero-order valence-electron chi connectivity index (χ0n) is 10.8. The molecule has 0 saturated heterocycles. The van der Waals surface area contributed by atoms with Gasteiger partial charge >= 0.3 is 0 Å². The van der Waals surface area contributed by atoms with E-state index in [9.17, 15) is 4.79 Å². The van der Waals surface area contributed by atoms with Crippen molar-refractivity contribution < 1.29 is 4.79 Å². The molecule has 1 unspecified atom stereocenters. The average Bonchev–Trinajstić information content (AvgIpc) is 2.79. The van der Waals surface area contributed by atoms with Crippen molar-refractivity contribution in [3.8, 4) is 0 Å². The van der Waals surface area contributed by atoms with Crippen LogP contribution in [-0.4, -0.2) is 18.0 Å². The minimum absolute atomic E-state index is 0.0397. The molecule has 0 radical (unpaired) electrons. The normalized spacial score (nSPS) is 16.2. The first-order chi connectivity index (χ1) is 8.04. The van der Waals surface area contributed by atoms with Gasteiger partial charge in [0.1, 0.15) is 0 Å². The maximum atomic E-state index is 11.8. The highest BCUT2D eigenvalue weighted by Crippen LogP contribution is 2.09. The van der Waals surface area contributed by atoms with Crippen molar-refractivity contribution in [3.05, 3.63) is 22.4 Å². The number of rotatable bonds is 6. The van der Waals surface area contributed by atoms with Crippen LogP contribution in [0.4, 0.5) is 0 Å². The summed E-state index contributed by atoms with van der Waals surface area (Å²) in [7, 11) is 0. The van der Waals surface area contributed by atoms with E-state index in [1.807, 2.05) is 20.8 Å². The highest BCUT2D eigenvalue weighted by atomic mass is 32.1. The number of carbonyl (C=O) groups is 1. The van der Waals surface area contributed by atoms with E-state index in [0.29, 0.717) is 0 Å². The number of nitrogens with two attached hydrogens (primary N) is 1. The first kappa shape index (κ1) is 14.2. The van der Waals surface area contributed by atoms with Gasteiger partial charge in [-0.25, -0.2) is 0 Å². The van der Waals surface area contributed by atoms with Gasteiger partial charge in [0.2, 0.25) is 5.91 Å². The maximum Gasteiger partial charge on any atom is 0.237 e. The lowest BCUT2D eigenvalue weighted by atomic mass is 9.99. The van der Waals surface area contributed by atoms with E-state index in [-0.39, 0.29) is 17.9 Å². The molecule has 3 N–H and O–H groups in total. The third kappa shape index (κ3) is 4.48. The van der Waals surface area contributed by atoms with Crippen LogP contribution in [0.3, 0.4) is 0 Å². The monoisotopic (exact) mass is 254 g/mol. The summed E-state index contributed by atoms with van der Waals surface area (Å²) < 4.78 is 0. The quantitative estimate of drug-likeness (QED) is 0.817. The Morgan fingerprint density at radius 1 is 1.53 bits per heavy atom. The molecule has 96 valence electrons. The number of hydrogen-bond donors (Lipinski definition) is 2. The van der Waals surface area contributed by atoms with Crippen molar-refractivity contribution in [2.75, 3.05) is 0 Å². The van der Waals surface area contributed by atoms with Crippen LogP contribution in [0, 0.1) is 5.92 Å². The molecule has 0 fully saturated rings. The fourth-order valence-electron chi connectivity index (χ4n) is 1.66. The number of amides is 1. The van der Waals surface area contributed by atoms with E-state index >= 15 is 0 Å². The van der Waals surface area contributed by atoms with Crippen LogP contribution in [0.5, 0.6) is 0 Å². The van der Waals surface area contributed by atoms with Gasteiger partial charge < -0.3 is 11.1 Å². The van der Waals surface area contributed by atoms with Gasteiger partial charge in [-0.05, 0) is 41.7 Å². The molecule has 1 aromatic heterocycles. The fourth-order valence-corrected chi connectivity index (χ4v) is 2.35. The Kier molecular flexibility index (Phi) is 5.65. The lowest BCUT2D eigenvalue weighted by molar-refractivity contribution is -0.124. The molecule has 0 bridgehead atoms. The van der Waals surface area contributed by atoms with Gasteiger partial charge in [-0.15, -0.1) is 0 Å². The van der Waals surface area contributed by atoms with Crippen molar-refractivity contribution in [3.63, 3.8) is 0 Å². The fraction of sp³-hybridized carbons (Fsp3) is 0.615. The number of hydrogen-bond acceptors (Lipinski definition) is 3. The van der Waals surface area contributed by atoms with E-state index < -0.39 is 6.04 Å². The highest BCUT2D eigenvalue weighted by Gasteiger charge is 2.20. The largest absolute Gasteiger partial charge is 0.352 e. The Hall–Kier alpha value is -0.870. The smallest absolute Gasteiger partial charge is 0.237 e. The van der Waals surface area contributed by atoms with E-state index in [4.69, 9.17) is 5.73 Å². The third-order valence-corrected chi connectivity index (χ3v) is 3.80. The maximum absolute atomic E-state index is 11.8. The predicted octanol–water partition coefficient (Wildman–Crippen LogP) is 2.17. The molecular weight excluding hydrogens is 232 g/mol. The lowest BCUT2D eigenvalue weighted by Crippen LogP contribution is -2.48. The second-order valence-electron chi connectivity index (χ2n) is 4.66. The van der Waals surface area contributed by atoms with Gasteiger partial charge in [0, 0.05) is 6.04 Å². The van der Waals surface area contributed by atoms with Crippen LogP contribution in [0.15, 0.2) is 16.8 Å². The van der Waals surface area contributed by atoms with Crippen molar-refractivity contribution in [2.24, 2.45) is 11.7 Å². The topological polar surface area (TPSA) is 55.1 Å². The van der Waals surface area contributed by atoms with Crippen LogP contribution < -0.4 is 11.1 Å². The van der Waals surface area contributed by atoms with Crippen LogP contribution >= 0.6 is 11.3 Å². The minimum atomic E-state index is -0.398. The Morgan fingerprint density at radius 2 is 2.24 bits per heavy atom. The van der Waals surface area contributed by atoms with Gasteiger partial charge in [0.05, 0.1) is 6.04 Å². The molecule has 0 spiro atoms. The summed E-state index contributed by atoms with van der Waals surface area (Å²) in [5.74, 6) is 0.186. The number of carbonyl (C=O) groups excluding carboxylic acids is 1. The van der Waals surface area contributed by atoms with Crippen molar-refractivity contribution in [1.29, 1.82) is 0 Å². The highest BCUT2D eigenvalue weighted by molar-refractivity contribution is 7.07. The molecule has 0 aromatic carbocycles. The molecular formula is C13H22N2OS. The Labute approximate surface area is 107 Å². The van der Waals surface area contributed by atoms with Gasteiger partial charge in [-0.2, -0.15) is 11.3 Å². The molecule has 1 amide bonds. The molecule has 3 nitrogen and oxygen atoms in total. The van der Waals surface area contributed by atoms with Gasteiger partial charge in [0.25, 0.3) is 0 Å². The summed E-state index contributed by atoms with van der Waals surface area (Å²) in [6, 6.07) is 1.82. The Bertz CT molecular complexity index is 337. The molecule has 1 heterocycles. The Balaban J connectivity index is 2.40.